The summed E-state index contributed by atoms with van der Waals surface area (Å²) in [6, 6.07) is 0.432. The Kier molecular flexibility index (Phi) is 3.19. The molecule has 6 nitrogen and oxygen atoms in total. The molecule has 2 N–H and O–H groups in total. The third-order valence-electron chi connectivity index (χ3n) is 3.11. The van der Waals surface area contributed by atoms with Crippen LogP contribution in [0.1, 0.15) is 24.4 Å². The maximum Gasteiger partial charge on any atom is 0.421 e. The molecule has 0 aliphatic heterocycles. The summed E-state index contributed by atoms with van der Waals surface area (Å²) in [6.45, 7) is 0. The largest absolute Gasteiger partial charge is 0.421 e. The molecular formula is C12H13F3N6. The Hall–Kier alpha value is -2.32. The van der Waals surface area contributed by atoms with Gasteiger partial charge in [0.05, 0.1) is 17.9 Å². The van der Waals surface area contributed by atoms with Crippen LogP contribution in [0, 0.1) is 0 Å². The van der Waals surface area contributed by atoms with E-state index in [0.717, 1.165) is 19.0 Å². The van der Waals surface area contributed by atoms with Crippen LogP contribution in [0.3, 0.4) is 0 Å². The third kappa shape index (κ3) is 2.91. The van der Waals surface area contributed by atoms with Crippen molar-refractivity contribution in [1.82, 2.24) is 19.7 Å². The molecule has 1 aliphatic rings. The summed E-state index contributed by atoms with van der Waals surface area (Å²) in [4.78, 5) is 7.53. The zero-order chi connectivity index (χ0) is 15.0. The number of halogens is 3. The van der Waals surface area contributed by atoms with Crippen molar-refractivity contribution in [3.63, 3.8) is 0 Å². The van der Waals surface area contributed by atoms with Crippen LogP contribution in [-0.4, -0.2) is 26.8 Å². The molecule has 112 valence electrons. The molecule has 0 bridgehead atoms. The highest BCUT2D eigenvalue weighted by Crippen LogP contribution is 2.35. The highest BCUT2D eigenvalue weighted by atomic mass is 19.4. The first-order valence-electron chi connectivity index (χ1n) is 6.40. The molecule has 0 atom stereocenters. The van der Waals surface area contributed by atoms with Crippen molar-refractivity contribution in [3.05, 3.63) is 24.2 Å². The lowest BCUT2D eigenvalue weighted by molar-refractivity contribution is -0.137. The average Bonchev–Trinajstić information content (AvgIpc) is 3.18. The second kappa shape index (κ2) is 4.90. The molecule has 1 saturated carbocycles. The lowest BCUT2D eigenvalue weighted by atomic mass is 10.3. The standard InChI is InChI=1S/C12H13F3N6/c1-16-10-9(12(13,14)15)5-17-11(20-10)19-7-4-18-21(6-7)8-2-3-8/h4-6,8H,2-3H2,1H3,(H2,16,17,19,20). The van der Waals surface area contributed by atoms with E-state index in [0.29, 0.717) is 11.7 Å². The zero-order valence-electron chi connectivity index (χ0n) is 11.1. The number of aromatic nitrogens is 4. The van der Waals surface area contributed by atoms with Crippen LogP contribution in [0.25, 0.3) is 0 Å². The minimum Gasteiger partial charge on any atom is -0.372 e. The topological polar surface area (TPSA) is 67.7 Å². The van der Waals surface area contributed by atoms with E-state index in [1.165, 1.54) is 7.05 Å². The summed E-state index contributed by atoms with van der Waals surface area (Å²) in [5.74, 6) is -0.183. The minimum absolute atomic E-state index is 0.0858. The Labute approximate surface area is 118 Å². The van der Waals surface area contributed by atoms with Crippen molar-refractivity contribution in [2.75, 3.05) is 17.7 Å². The average molecular weight is 298 g/mol. The predicted octanol–water partition coefficient (Wildman–Crippen LogP) is 2.81. The SMILES string of the molecule is CNc1nc(Nc2cnn(C3CC3)c2)ncc1C(F)(F)F. The fourth-order valence-electron chi connectivity index (χ4n) is 1.91. The summed E-state index contributed by atoms with van der Waals surface area (Å²) < 4.78 is 40.0. The van der Waals surface area contributed by atoms with Crippen molar-refractivity contribution in [3.8, 4) is 0 Å². The first-order valence-corrected chi connectivity index (χ1v) is 6.40. The quantitative estimate of drug-likeness (QED) is 0.908. The predicted molar refractivity (Wildman–Crippen MR) is 70.4 cm³/mol. The molecule has 0 radical (unpaired) electrons. The molecule has 0 spiro atoms. The van der Waals surface area contributed by atoms with Crippen LogP contribution >= 0.6 is 0 Å². The lowest BCUT2D eigenvalue weighted by Gasteiger charge is -2.12. The molecule has 0 unspecified atom stereocenters. The molecule has 3 rings (SSSR count). The number of alkyl halides is 3. The smallest absolute Gasteiger partial charge is 0.372 e. The highest BCUT2D eigenvalue weighted by Gasteiger charge is 2.35. The molecule has 2 aromatic heterocycles. The number of hydrogen-bond donors (Lipinski definition) is 2. The van der Waals surface area contributed by atoms with Crippen molar-refractivity contribution in [2.24, 2.45) is 0 Å². The van der Waals surface area contributed by atoms with Crippen molar-refractivity contribution >= 4 is 17.5 Å². The maximum absolute atomic E-state index is 12.7. The Morgan fingerprint density at radius 3 is 2.67 bits per heavy atom. The van der Waals surface area contributed by atoms with E-state index in [1.807, 2.05) is 4.68 Å². The van der Waals surface area contributed by atoms with Crippen LogP contribution in [0.15, 0.2) is 18.6 Å². The molecular weight excluding hydrogens is 285 g/mol. The molecule has 0 saturated heterocycles. The van der Waals surface area contributed by atoms with Gasteiger partial charge in [0.15, 0.2) is 0 Å². The first kappa shape index (κ1) is 13.7. The summed E-state index contributed by atoms with van der Waals surface area (Å²) in [6.07, 6.45) is 1.85. The van der Waals surface area contributed by atoms with E-state index >= 15 is 0 Å². The van der Waals surface area contributed by atoms with Crippen molar-refractivity contribution in [2.45, 2.75) is 25.1 Å². The van der Waals surface area contributed by atoms with Gasteiger partial charge >= 0.3 is 6.18 Å². The normalized spacial score (nSPS) is 15.0. The maximum atomic E-state index is 12.7. The van der Waals surface area contributed by atoms with E-state index in [2.05, 4.69) is 25.7 Å². The second-order valence-electron chi connectivity index (χ2n) is 4.77. The van der Waals surface area contributed by atoms with Gasteiger partial charge in [-0.1, -0.05) is 0 Å². The first-order chi connectivity index (χ1) is 9.97. The molecule has 21 heavy (non-hydrogen) atoms. The third-order valence-corrected chi connectivity index (χ3v) is 3.11. The van der Waals surface area contributed by atoms with Gasteiger partial charge in [-0.15, -0.1) is 0 Å². The number of anilines is 3. The van der Waals surface area contributed by atoms with Crippen LogP contribution in [0.2, 0.25) is 0 Å². The molecule has 1 fully saturated rings. The van der Waals surface area contributed by atoms with Crippen LogP contribution in [-0.2, 0) is 6.18 Å². The Balaban J connectivity index is 1.81. The van der Waals surface area contributed by atoms with Gasteiger partial charge in [0.25, 0.3) is 0 Å². The Bertz CT molecular complexity index is 647. The molecule has 0 aromatic carbocycles. The van der Waals surface area contributed by atoms with Crippen LogP contribution in [0.5, 0.6) is 0 Å². The van der Waals surface area contributed by atoms with E-state index in [4.69, 9.17) is 0 Å². The van der Waals surface area contributed by atoms with Gasteiger partial charge in [-0.25, -0.2) is 4.98 Å². The Morgan fingerprint density at radius 1 is 1.29 bits per heavy atom. The molecule has 1 aliphatic carbocycles. The van der Waals surface area contributed by atoms with Crippen LogP contribution < -0.4 is 10.6 Å². The van der Waals surface area contributed by atoms with Crippen molar-refractivity contribution in [1.29, 1.82) is 0 Å². The van der Waals surface area contributed by atoms with E-state index < -0.39 is 11.7 Å². The molecule has 2 aromatic rings. The number of rotatable bonds is 4. The summed E-state index contributed by atoms with van der Waals surface area (Å²) >= 11 is 0. The fourth-order valence-corrected chi connectivity index (χ4v) is 1.91. The molecule has 2 heterocycles. The molecule has 9 heteroatoms. The van der Waals surface area contributed by atoms with Gasteiger partial charge < -0.3 is 10.6 Å². The Morgan fingerprint density at radius 2 is 2.05 bits per heavy atom. The summed E-state index contributed by atoms with van der Waals surface area (Å²) in [5.41, 5.74) is -0.257. The summed E-state index contributed by atoms with van der Waals surface area (Å²) in [7, 11) is 1.38. The van der Waals surface area contributed by atoms with Crippen LogP contribution in [0.4, 0.5) is 30.6 Å². The van der Waals surface area contributed by atoms with Gasteiger partial charge in [0.1, 0.15) is 11.4 Å². The monoisotopic (exact) mass is 298 g/mol. The van der Waals surface area contributed by atoms with Gasteiger partial charge in [0.2, 0.25) is 5.95 Å². The number of nitrogens with zero attached hydrogens (tertiary/aromatic N) is 4. The van der Waals surface area contributed by atoms with Gasteiger partial charge in [-0.2, -0.15) is 23.3 Å². The zero-order valence-corrected chi connectivity index (χ0v) is 11.1. The van der Waals surface area contributed by atoms with Crippen molar-refractivity contribution < 1.29 is 13.2 Å². The minimum atomic E-state index is -4.49. The second-order valence-corrected chi connectivity index (χ2v) is 4.77. The molecule has 0 amide bonds. The van der Waals surface area contributed by atoms with E-state index in [1.54, 1.807) is 12.4 Å². The fraction of sp³-hybridized carbons (Fsp3) is 0.417. The van der Waals surface area contributed by atoms with Gasteiger partial charge in [-0.3, -0.25) is 4.68 Å². The highest BCUT2D eigenvalue weighted by molar-refractivity contribution is 5.55. The van der Waals surface area contributed by atoms with Gasteiger partial charge in [-0.05, 0) is 12.8 Å². The van der Waals surface area contributed by atoms with E-state index in [-0.39, 0.29) is 11.8 Å². The lowest BCUT2D eigenvalue weighted by Crippen LogP contribution is -2.12. The number of hydrogen-bond acceptors (Lipinski definition) is 5. The van der Waals surface area contributed by atoms with Gasteiger partial charge in [0, 0.05) is 19.4 Å². The van der Waals surface area contributed by atoms with E-state index in [9.17, 15) is 13.2 Å². The number of nitrogens with one attached hydrogen (secondary N) is 2. The summed E-state index contributed by atoms with van der Waals surface area (Å²) in [5, 5.41) is 9.45.